The Labute approximate surface area is 162 Å². The van der Waals surface area contributed by atoms with Crippen molar-refractivity contribution in [1.29, 1.82) is 0 Å². The van der Waals surface area contributed by atoms with Crippen LogP contribution in [0.2, 0.25) is 0 Å². The van der Waals surface area contributed by atoms with Crippen LogP contribution in [-0.4, -0.2) is 19.6 Å². The summed E-state index contributed by atoms with van der Waals surface area (Å²) in [6.07, 6.45) is 1.27. The molecule has 1 aliphatic carbocycles. The Morgan fingerprint density at radius 2 is 1.75 bits per heavy atom. The number of guanidine groups is 1. The first-order valence-corrected chi connectivity index (χ1v) is 8.32. The molecule has 2 atom stereocenters. The lowest BCUT2D eigenvalue weighted by molar-refractivity contribution is 0.719. The van der Waals surface area contributed by atoms with Gasteiger partial charge in [0.15, 0.2) is 5.96 Å². The SMILES string of the molecule is CN=C(NCc1ccccc1C)NCC1CC1c1ccccc1.I. The fourth-order valence-electron chi connectivity index (χ4n) is 3.02. The Kier molecular flexibility index (Phi) is 7.09. The van der Waals surface area contributed by atoms with Crippen molar-refractivity contribution in [3.05, 3.63) is 71.3 Å². The normalized spacial score (nSPS) is 19.3. The Balaban J connectivity index is 0.00000208. The fraction of sp³-hybridized carbons (Fsp3) is 0.350. The summed E-state index contributed by atoms with van der Waals surface area (Å²) in [5.74, 6) is 2.31. The van der Waals surface area contributed by atoms with Crippen LogP contribution in [-0.2, 0) is 6.54 Å². The molecule has 2 aromatic rings. The van der Waals surface area contributed by atoms with Gasteiger partial charge in [-0.15, -0.1) is 24.0 Å². The van der Waals surface area contributed by atoms with Crippen LogP contribution in [0.4, 0.5) is 0 Å². The lowest BCUT2D eigenvalue weighted by Crippen LogP contribution is -2.38. The van der Waals surface area contributed by atoms with Crippen LogP contribution < -0.4 is 10.6 Å². The Morgan fingerprint density at radius 1 is 1.04 bits per heavy atom. The van der Waals surface area contributed by atoms with E-state index in [0.29, 0.717) is 5.92 Å². The third-order valence-electron chi connectivity index (χ3n) is 4.61. The van der Waals surface area contributed by atoms with Crippen molar-refractivity contribution in [1.82, 2.24) is 10.6 Å². The predicted octanol–water partition coefficient (Wildman–Crippen LogP) is 4.08. The Hall–Kier alpha value is -1.56. The highest BCUT2D eigenvalue weighted by Crippen LogP contribution is 2.46. The molecular formula is C20H26IN3. The van der Waals surface area contributed by atoms with E-state index in [0.717, 1.165) is 25.0 Å². The quantitative estimate of drug-likeness (QED) is 0.422. The van der Waals surface area contributed by atoms with E-state index in [1.807, 2.05) is 7.05 Å². The minimum atomic E-state index is 0. The average molecular weight is 435 g/mol. The number of aryl methyl sites for hydroxylation is 1. The topological polar surface area (TPSA) is 36.4 Å². The van der Waals surface area contributed by atoms with E-state index < -0.39 is 0 Å². The number of nitrogens with one attached hydrogen (secondary N) is 2. The van der Waals surface area contributed by atoms with E-state index >= 15 is 0 Å². The molecule has 0 spiro atoms. The molecule has 0 aromatic heterocycles. The van der Waals surface area contributed by atoms with Gasteiger partial charge in [0.2, 0.25) is 0 Å². The molecule has 2 aromatic carbocycles. The van der Waals surface area contributed by atoms with Crippen LogP contribution in [0.5, 0.6) is 0 Å². The fourth-order valence-corrected chi connectivity index (χ4v) is 3.02. The summed E-state index contributed by atoms with van der Waals surface area (Å²) in [5, 5.41) is 6.86. The third kappa shape index (κ3) is 4.97. The molecule has 2 unspecified atom stereocenters. The number of rotatable bonds is 5. The molecule has 0 amide bonds. The second kappa shape index (κ2) is 9.06. The highest BCUT2D eigenvalue weighted by atomic mass is 127. The first-order chi connectivity index (χ1) is 11.3. The van der Waals surface area contributed by atoms with E-state index in [9.17, 15) is 0 Å². The van der Waals surface area contributed by atoms with Crippen molar-refractivity contribution in [2.24, 2.45) is 10.9 Å². The van der Waals surface area contributed by atoms with Crippen LogP contribution in [0.3, 0.4) is 0 Å². The molecule has 1 fully saturated rings. The number of halogens is 1. The number of hydrogen-bond acceptors (Lipinski definition) is 1. The maximum absolute atomic E-state index is 4.32. The molecule has 0 saturated heterocycles. The molecule has 3 nitrogen and oxygen atoms in total. The summed E-state index contributed by atoms with van der Waals surface area (Å²) in [5.41, 5.74) is 4.08. The summed E-state index contributed by atoms with van der Waals surface area (Å²) < 4.78 is 0. The van der Waals surface area contributed by atoms with E-state index in [1.165, 1.54) is 23.1 Å². The van der Waals surface area contributed by atoms with Gasteiger partial charge in [-0.1, -0.05) is 54.6 Å². The molecule has 0 radical (unpaired) electrons. The number of aliphatic imine (C=N–C) groups is 1. The molecule has 1 aliphatic rings. The van der Waals surface area contributed by atoms with E-state index in [1.54, 1.807) is 0 Å². The van der Waals surface area contributed by atoms with Crippen LogP contribution in [0.1, 0.15) is 29.0 Å². The van der Waals surface area contributed by atoms with Gasteiger partial charge >= 0.3 is 0 Å². The minimum absolute atomic E-state index is 0. The van der Waals surface area contributed by atoms with Crippen molar-refractivity contribution in [3.63, 3.8) is 0 Å². The van der Waals surface area contributed by atoms with Crippen LogP contribution >= 0.6 is 24.0 Å². The van der Waals surface area contributed by atoms with Crippen molar-refractivity contribution >= 4 is 29.9 Å². The molecule has 0 bridgehead atoms. The number of nitrogens with zero attached hydrogens (tertiary/aromatic N) is 1. The largest absolute Gasteiger partial charge is 0.356 e. The average Bonchev–Trinajstić information content (AvgIpc) is 3.37. The number of hydrogen-bond donors (Lipinski definition) is 2. The molecule has 24 heavy (non-hydrogen) atoms. The molecular weight excluding hydrogens is 409 g/mol. The monoisotopic (exact) mass is 435 g/mol. The maximum atomic E-state index is 4.32. The first-order valence-electron chi connectivity index (χ1n) is 8.32. The summed E-state index contributed by atoms with van der Waals surface area (Å²) in [6, 6.07) is 19.2. The van der Waals surface area contributed by atoms with Crippen molar-refractivity contribution in [3.8, 4) is 0 Å². The third-order valence-corrected chi connectivity index (χ3v) is 4.61. The Bertz CT molecular complexity index is 670. The second-order valence-electron chi connectivity index (χ2n) is 6.25. The second-order valence-corrected chi connectivity index (χ2v) is 6.25. The zero-order valence-corrected chi connectivity index (χ0v) is 16.7. The highest BCUT2D eigenvalue weighted by Gasteiger charge is 2.37. The predicted molar refractivity (Wildman–Crippen MR) is 112 cm³/mol. The first kappa shape index (κ1) is 18.8. The van der Waals surface area contributed by atoms with Gasteiger partial charge < -0.3 is 10.6 Å². The van der Waals surface area contributed by atoms with Gasteiger partial charge in [0.25, 0.3) is 0 Å². The zero-order chi connectivity index (χ0) is 16.1. The van der Waals surface area contributed by atoms with Gasteiger partial charge in [0, 0.05) is 20.1 Å². The van der Waals surface area contributed by atoms with Crippen molar-refractivity contribution < 1.29 is 0 Å². The minimum Gasteiger partial charge on any atom is -0.356 e. The molecule has 0 aliphatic heterocycles. The molecule has 1 saturated carbocycles. The molecule has 3 rings (SSSR count). The van der Waals surface area contributed by atoms with Crippen LogP contribution in [0, 0.1) is 12.8 Å². The smallest absolute Gasteiger partial charge is 0.191 e. The summed E-state index contributed by atoms with van der Waals surface area (Å²) in [4.78, 5) is 4.32. The molecule has 0 heterocycles. The van der Waals surface area contributed by atoms with Crippen LogP contribution in [0.25, 0.3) is 0 Å². The van der Waals surface area contributed by atoms with E-state index in [2.05, 4.69) is 77.1 Å². The summed E-state index contributed by atoms with van der Waals surface area (Å²) >= 11 is 0. The lowest BCUT2D eigenvalue weighted by Gasteiger charge is -2.13. The van der Waals surface area contributed by atoms with Gasteiger partial charge in [-0.25, -0.2) is 0 Å². The van der Waals surface area contributed by atoms with Gasteiger partial charge in [-0.2, -0.15) is 0 Å². The van der Waals surface area contributed by atoms with Crippen molar-refractivity contribution in [2.75, 3.05) is 13.6 Å². The molecule has 128 valence electrons. The zero-order valence-electron chi connectivity index (χ0n) is 14.3. The van der Waals surface area contributed by atoms with Crippen molar-refractivity contribution in [2.45, 2.75) is 25.8 Å². The van der Waals surface area contributed by atoms with Gasteiger partial charge in [0.1, 0.15) is 0 Å². The lowest BCUT2D eigenvalue weighted by atomic mass is 10.1. The van der Waals surface area contributed by atoms with Gasteiger partial charge in [-0.3, -0.25) is 4.99 Å². The maximum Gasteiger partial charge on any atom is 0.191 e. The van der Waals surface area contributed by atoms with Gasteiger partial charge in [-0.05, 0) is 41.9 Å². The standard InChI is InChI=1S/C20H25N3.HI/c1-15-8-6-7-11-17(15)13-22-20(21-2)23-14-18-12-19(18)16-9-4-3-5-10-16;/h3-11,18-19H,12-14H2,1-2H3,(H2,21,22,23);1H. The Morgan fingerprint density at radius 3 is 2.46 bits per heavy atom. The molecule has 4 heteroatoms. The molecule has 2 N–H and O–H groups in total. The summed E-state index contributed by atoms with van der Waals surface area (Å²) in [6.45, 7) is 3.92. The van der Waals surface area contributed by atoms with Crippen LogP contribution in [0.15, 0.2) is 59.6 Å². The van der Waals surface area contributed by atoms with E-state index in [4.69, 9.17) is 0 Å². The van der Waals surface area contributed by atoms with E-state index in [-0.39, 0.29) is 24.0 Å². The number of benzene rings is 2. The van der Waals surface area contributed by atoms with Gasteiger partial charge in [0.05, 0.1) is 0 Å². The summed E-state index contributed by atoms with van der Waals surface area (Å²) in [7, 11) is 1.83. The highest BCUT2D eigenvalue weighted by molar-refractivity contribution is 14.0.